The summed E-state index contributed by atoms with van der Waals surface area (Å²) in [6.45, 7) is 8.77. The minimum absolute atomic E-state index is 0. The first-order valence-electron chi connectivity index (χ1n) is 12.1. The fourth-order valence-corrected chi connectivity index (χ4v) is 4.45. The van der Waals surface area contributed by atoms with Gasteiger partial charge in [-0.05, 0) is 55.3 Å². The van der Waals surface area contributed by atoms with Crippen molar-refractivity contribution in [1.82, 2.24) is 25.8 Å². The number of hydrogen-bond acceptors (Lipinski definition) is 7. The van der Waals surface area contributed by atoms with Crippen LogP contribution in [0.1, 0.15) is 29.3 Å². The van der Waals surface area contributed by atoms with Gasteiger partial charge in [0.1, 0.15) is 5.82 Å². The van der Waals surface area contributed by atoms with E-state index in [1.165, 1.54) is 12.1 Å². The molecule has 0 atom stereocenters. The first-order chi connectivity index (χ1) is 17.3. The molecule has 0 spiro atoms. The largest absolute Gasteiger partial charge is 0.356 e. The average Bonchev–Trinajstić information content (AvgIpc) is 3.43. The molecule has 2 heterocycles. The molecule has 2 N–H and O–H groups in total. The molecule has 0 radical (unpaired) electrons. The van der Waals surface area contributed by atoms with E-state index in [1.54, 1.807) is 23.0 Å². The van der Waals surface area contributed by atoms with Gasteiger partial charge in [0.15, 0.2) is 5.58 Å². The van der Waals surface area contributed by atoms with Crippen molar-refractivity contribution in [1.29, 1.82) is 0 Å². The van der Waals surface area contributed by atoms with Crippen LogP contribution >= 0.6 is 12.4 Å². The third-order valence-corrected chi connectivity index (χ3v) is 6.50. The van der Waals surface area contributed by atoms with Gasteiger partial charge in [-0.25, -0.2) is 9.40 Å². The second kappa shape index (κ2) is 12.4. The summed E-state index contributed by atoms with van der Waals surface area (Å²) >= 11 is 0. The van der Waals surface area contributed by atoms with Gasteiger partial charge >= 0.3 is 0 Å². The van der Waals surface area contributed by atoms with Crippen LogP contribution in [0.25, 0.3) is 11.0 Å². The highest BCUT2D eigenvalue weighted by atomic mass is 35.5. The number of anilines is 1. The Morgan fingerprint density at radius 3 is 2.62 bits per heavy atom. The minimum atomic E-state index is -0.288. The summed E-state index contributed by atoms with van der Waals surface area (Å²) in [5.74, 6) is -0.651. The van der Waals surface area contributed by atoms with E-state index in [2.05, 4.69) is 15.8 Å². The van der Waals surface area contributed by atoms with Crippen LogP contribution in [0, 0.1) is 19.7 Å². The number of carbonyl (C=O) groups is 2. The summed E-state index contributed by atoms with van der Waals surface area (Å²) in [5, 5.41) is 14.4. The second-order valence-corrected chi connectivity index (χ2v) is 9.12. The van der Waals surface area contributed by atoms with E-state index in [9.17, 15) is 14.0 Å². The fraction of sp³-hybridized carbons (Fsp3) is 0.423. The molecule has 0 saturated heterocycles. The Morgan fingerprint density at radius 1 is 1.11 bits per heavy atom. The fourth-order valence-electron chi connectivity index (χ4n) is 4.45. The van der Waals surface area contributed by atoms with Crippen molar-refractivity contribution in [2.45, 2.75) is 33.9 Å². The number of nitrogens with zero attached hydrogens (tertiary/aromatic N) is 4. The predicted octanol–water partition coefficient (Wildman–Crippen LogP) is 2.93. The van der Waals surface area contributed by atoms with E-state index < -0.39 is 0 Å². The monoisotopic (exact) mass is 532 g/mol. The number of halogens is 2. The van der Waals surface area contributed by atoms with Crippen molar-refractivity contribution in [2.24, 2.45) is 0 Å². The topological polar surface area (TPSA) is 93.9 Å². The highest BCUT2D eigenvalue weighted by Crippen LogP contribution is 2.29. The number of likely N-dealkylation sites (N-methyl/N-ethyl adjacent to an activating group) is 2. The molecule has 11 heteroatoms. The van der Waals surface area contributed by atoms with E-state index >= 15 is 0 Å². The van der Waals surface area contributed by atoms with Crippen LogP contribution in [0.2, 0.25) is 0 Å². The summed E-state index contributed by atoms with van der Waals surface area (Å²) in [7, 11) is 1.70. The van der Waals surface area contributed by atoms with E-state index in [1.807, 2.05) is 37.9 Å². The molecule has 0 saturated carbocycles. The summed E-state index contributed by atoms with van der Waals surface area (Å²) in [5.41, 5.74) is 4.89. The van der Waals surface area contributed by atoms with Crippen LogP contribution < -0.4 is 15.5 Å². The van der Waals surface area contributed by atoms with E-state index in [0.717, 1.165) is 40.0 Å². The third-order valence-electron chi connectivity index (χ3n) is 6.50. The number of fused-ring (bicyclic) bond motifs is 2. The summed E-state index contributed by atoms with van der Waals surface area (Å²) in [4.78, 5) is 27.9. The zero-order valence-electron chi connectivity index (χ0n) is 21.6. The van der Waals surface area contributed by atoms with Crippen LogP contribution in [0.15, 0.2) is 34.9 Å². The zero-order valence-corrected chi connectivity index (χ0v) is 22.5. The van der Waals surface area contributed by atoms with Crippen molar-refractivity contribution in [3.63, 3.8) is 0 Å². The van der Waals surface area contributed by atoms with E-state index in [-0.39, 0.29) is 43.1 Å². The molecule has 9 nitrogen and oxygen atoms in total. The smallest absolute Gasteiger partial charge is 0.256 e. The Bertz CT molecular complexity index is 1270. The lowest BCUT2D eigenvalue weighted by molar-refractivity contribution is -0.145. The quantitative estimate of drug-likeness (QED) is 0.388. The maximum Gasteiger partial charge on any atom is 0.256 e. The molecule has 0 bridgehead atoms. The van der Waals surface area contributed by atoms with Crippen LogP contribution in [-0.2, 0) is 22.7 Å². The van der Waals surface area contributed by atoms with Gasteiger partial charge in [0.2, 0.25) is 5.91 Å². The lowest BCUT2D eigenvalue weighted by atomic mass is 10.1. The van der Waals surface area contributed by atoms with Gasteiger partial charge in [0, 0.05) is 50.4 Å². The van der Waals surface area contributed by atoms with Crippen molar-refractivity contribution >= 4 is 40.9 Å². The van der Waals surface area contributed by atoms with Crippen LogP contribution in [-0.4, -0.2) is 66.8 Å². The molecule has 4 rings (SSSR count). The first-order valence-corrected chi connectivity index (χ1v) is 12.1. The number of benzene rings is 2. The van der Waals surface area contributed by atoms with Crippen molar-refractivity contribution in [3.05, 3.63) is 58.5 Å². The lowest BCUT2D eigenvalue weighted by Crippen LogP contribution is -2.48. The maximum absolute atomic E-state index is 13.7. The van der Waals surface area contributed by atoms with Crippen molar-refractivity contribution in [2.75, 3.05) is 44.7 Å². The Morgan fingerprint density at radius 2 is 1.86 bits per heavy atom. The molecule has 1 aliphatic heterocycles. The number of rotatable bonds is 10. The Kier molecular flexibility index (Phi) is 9.47. The van der Waals surface area contributed by atoms with E-state index in [4.69, 9.17) is 4.52 Å². The Balaban J connectivity index is 0.00000380. The van der Waals surface area contributed by atoms with Crippen molar-refractivity contribution < 1.29 is 18.5 Å². The summed E-state index contributed by atoms with van der Waals surface area (Å²) < 4.78 is 19.1. The van der Waals surface area contributed by atoms with Crippen LogP contribution in [0.5, 0.6) is 0 Å². The number of aromatic nitrogens is 1. The third kappa shape index (κ3) is 6.57. The summed E-state index contributed by atoms with van der Waals surface area (Å²) in [6.07, 6.45) is 0. The zero-order chi connectivity index (χ0) is 25.8. The molecule has 0 fully saturated rings. The Hall–Kier alpha value is -3.21. The predicted molar refractivity (Wildman–Crippen MR) is 143 cm³/mol. The van der Waals surface area contributed by atoms with Gasteiger partial charge < -0.3 is 20.1 Å². The maximum atomic E-state index is 13.7. The number of carbonyl (C=O) groups excluding carboxylic acids is 2. The lowest BCUT2D eigenvalue weighted by Gasteiger charge is -2.31. The molecule has 37 heavy (non-hydrogen) atoms. The first kappa shape index (κ1) is 28.4. The number of nitrogens with one attached hydrogen (secondary N) is 2. The molecule has 0 unspecified atom stereocenters. The molecule has 200 valence electrons. The van der Waals surface area contributed by atoms with E-state index in [0.29, 0.717) is 31.8 Å². The number of hydrogen-bond donors (Lipinski definition) is 2. The van der Waals surface area contributed by atoms with Gasteiger partial charge in [-0.2, -0.15) is 0 Å². The van der Waals surface area contributed by atoms with Gasteiger partial charge in [-0.15, -0.1) is 12.4 Å². The number of hydrazine groups is 1. The van der Waals surface area contributed by atoms with Crippen LogP contribution in [0.4, 0.5) is 10.1 Å². The van der Waals surface area contributed by atoms with Gasteiger partial charge in [-0.1, -0.05) is 18.1 Å². The highest BCUT2D eigenvalue weighted by Gasteiger charge is 2.27. The molecule has 1 aliphatic rings. The molecular weight excluding hydrogens is 499 g/mol. The van der Waals surface area contributed by atoms with Crippen LogP contribution in [0.3, 0.4) is 0 Å². The molecule has 3 aromatic rings. The minimum Gasteiger partial charge on any atom is -0.356 e. The molecular formula is C26H34ClFN6O3. The molecule has 1 aromatic heterocycles. The van der Waals surface area contributed by atoms with Crippen molar-refractivity contribution in [3.8, 4) is 0 Å². The normalized spacial score (nSPS) is 12.8. The molecule has 2 aromatic carbocycles. The SMILES string of the molecule is CCNCCNC(=O)CN(CC(=O)N(C)N1Cc2ccc(F)cc2C1)c1cc2onc(C)c2cc1C.Cl. The van der Waals surface area contributed by atoms with Gasteiger partial charge in [0.25, 0.3) is 5.91 Å². The highest BCUT2D eigenvalue weighted by molar-refractivity contribution is 5.90. The standard InChI is InChI=1S/C26H33FN6O3.ClH/c1-5-28-8-9-29-25(34)15-32(23-12-24-22(10-17(23)2)18(3)30-36-24)16-26(35)31(4)33-13-19-6-7-21(27)11-20(19)14-33;/h6-7,10-12,28H,5,8-9,13-16H2,1-4H3,(H,29,34);1H. The summed E-state index contributed by atoms with van der Waals surface area (Å²) in [6, 6.07) is 8.50. The second-order valence-electron chi connectivity index (χ2n) is 9.12. The molecule has 2 amide bonds. The average molecular weight is 533 g/mol. The van der Waals surface area contributed by atoms with Gasteiger partial charge in [-0.3, -0.25) is 14.6 Å². The number of aryl methyl sites for hydroxylation is 2. The van der Waals surface area contributed by atoms with Gasteiger partial charge in [0.05, 0.1) is 18.8 Å². The molecule has 0 aliphatic carbocycles. The number of amides is 2. The Labute approximate surface area is 222 Å².